The molecule has 0 spiro atoms. The molecule has 0 atom stereocenters. The van der Waals surface area contributed by atoms with Gasteiger partial charge in [-0.05, 0) is 61.1 Å². The van der Waals surface area contributed by atoms with Crippen LogP contribution >= 0.6 is 0 Å². The van der Waals surface area contributed by atoms with Crippen molar-refractivity contribution in [3.63, 3.8) is 0 Å². The molecule has 1 aliphatic rings. The first-order valence-corrected chi connectivity index (χ1v) is 9.34. The minimum Gasteiger partial charge on any atom is -0.326 e. The number of ketones is 1. The largest absolute Gasteiger partial charge is 0.326 e. The summed E-state index contributed by atoms with van der Waals surface area (Å²) in [6, 6.07) is 12.8. The van der Waals surface area contributed by atoms with E-state index < -0.39 is 0 Å². The molecule has 3 rings (SSSR count). The molecule has 2 aromatic carbocycles. The number of rotatable bonds is 6. The van der Waals surface area contributed by atoms with Crippen LogP contribution in [0, 0.1) is 0 Å². The van der Waals surface area contributed by atoms with Crippen LogP contribution in [-0.4, -0.2) is 17.6 Å². The Kier molecular flexibility index (Phi) is 6.01. The fraction of sp³-hybridized carbons (Fsp3) is 0.318. The Morgan fingerprint density at radius 3 is 2.30 bits per heavy atom. The summed E-state index contributed by atoms with van der Waals surface area (Å²) >= 11 is 0. The van der Waals surface area contributed by atoms with E-state index >= 15 is 0 Å². The monoisotopic (exact) mass is 364 g/mol. The molecule has 27 heavy (non-hydrogen) atoms. The van der Waals surface area contributed by atoms with Crippen LogP contribution in [0.5, 0.6) is 0 Å². The molecule has 0 bridgehead atoms. The lowest BCUT2D eigenvalue weighted by Crippen LogP contribution is -2.14. The predicted octanol–water partition coefficient (Wildman–Crippen LogP) is 4.13. The molecule has 2 amide bonds. The van der Waals surface area contributed by atoms with Gasteiger partial charge in [0.05, 0.1) is 0 Å². The van der Waals surface area contributed by atoms with Crippen LogP contribution in [-0.2, 0) is 22.4 Å². The Labute approximate surface area is 159 Å². The molecule has 140 valence electrons. The van der Waals surface area contributed by atoms with Crippen LogP contribution in [0.4, 0.5) is 11.4 Å². The van der Waals surface area contributed by atoms with Crippen molar-refractivity contribution in [3.8, 4) is 0 Å². The minimum atomic E-state index is -0.221. The van der Waals surface area contributed by atoms with E-state index in [0.717, 1.165) is 12.8 Å². The average Bonchev–Trinajstić information content (AvgIpc) is 2.65. The van der Waals surface area contributed by atoms with Gasteiger partial charge in [-0.3, -0.25) is 14.4 Å². The molecule has 0 fully saturated rings. The Balaban J connectivity index is 1.54. The number of fused-ring (bicyclic) bond motifs is 1. The summed E-state index contributed by atoms with van der Waals surface area (Å²) in [5.74, 6) is -0.402. The number of anilines is 2. The third-order valence-electron chi connectivity index (χ3n) is 4.72. The molecule has 5 heteroatoms. The van der Waals surface area contributed by atoms with Gasteiger partial charge in [-0.1, -0.05) is 18.2 Å². The van der Waals surface area contributed by atoms with Crippen LogP contribution < -0.4 is 10.6 Å². The molecule has 5 nitrogen and oxygen atoms in total. The first-order chi connectivity index (χ1) is 13.0. The fourth-order valence-corrected chi connectivity index (χ4v) is 3.38. The number of carbonyl (C=O) groups excluding carboxylic acids is 3. The second-order valence-electron chi connectivity index (χ2n) is 6.92. The van der Waals surface area contributed by atoms with Gasteiger partial charge in [0.2, 0.25) is 11.8 Å². The Morgan fingerprint density at radius 1 is 0.852 bits per heavy atom. The molecule has 0 unspecified atom stereocenters. The fourth-order valence-electron chi connectivity index (χ4n) is 3.38. The van der Waals surface area contributed by atoms with Crippen molar-refractivity contribution in [2.24, 2.45) is 0 Å². The molecule has 1 aliphatic carbocycles. The maximum atomic E-state index is 12.4. The number of aryl methyl sites for hydroxylation is 2. The molecule has 0 aromatic heterocycles. The van der Waals surface area contributed by atoms with E-state index in [1.165, 1.54) is 30.9 Å². The first kappa shape index (κ1) is 18.8. The topological polar surface area (TPSA) is 75.3 Å². The number of hydrogen-bond acceptors (Lipinski definition) is 3. The van der Waals surface area contributed by atoms with Crippen LogP contribution in [0.15, 0.2) is 42.5 Å². The zero-order valence-electron chi connectivity index (χ0n) is 15.5. The van der Waals surface area contributed by atoms with Gasteiger partial charge in [0.1, 0.15) is 0 Å². The summed E-state index contributed by atoms with van der Waals surface area (Å²) in [7, 11) is 0. The van der Waals surface area contributed by atoms with E-state index in [4.69, 9.17) is 0 Å². The highest BCUT2D eigenvalue weighted by molar-refractivity contribution is 6.00. The van der Waals surface area contributed by atoms with Gasteiger partial charge in [0, 0.05) is 36.7 Å². The predicted molar refractivity (Wildman–Crippen MR) is 106 cm³/mol. The lowest BCUT2D eigenvalue weighted by molar-refractivity contribution is -0.116. The van der Waals surface area contributed by atoms with Crippen molar-refractivity contribution in [1.29, 1.82) is 0 Å². The first-order valence-electron chi connectivity index (χ1n) is 9.34. The van der Waals surface area contributed by atoms with Crippen molar-refractivity contribution < 1.29 is 14.4 Å². The smallest absolute Gasteiger partial charge is 0.224 e. The summed E-state index contributed by atoms with van der Waals surface area (Å²) in [4.78, 5) is 35.7. The summed E-state index contributed by atoms with van der Waals surface area (Å²) in [5.41, 5.74) is 4.51. The number of Topliss-reactive ketones (excluding diaryl/α,β-unsaturated/α-hetero) is 1. The molecule has 0 saturated heterocycles. The average molecular weight is 364 g/mol. The zero-order chi connectivity index (χ0) is 19.2. The van der Waals surface area contributed by atoms with E-state index in [9.17, 15) is 14.4 Å². The van der Waals surface area contributed by atoms with Crippen LogP contribution in [0.25, 0.3) is 0 Å². The van der Waals surface area contributed by atoms with Crippen LogP contribution in [0.1, 0.15) is 54.1 Å². The van der Waals surface area contributed by atoms with Crippen molar-refractivity contribution in [2.75, 3.05) is 10.6 Å². The number of amides is 2. The van der Waals surface area contributed by atoms with Gasteiger partial charge >= 0.3 is 0 Å². The van der Waals surface area contributed by atoms with Gasteiger partial charge < -0.3 is 10.6 Å². The van der Waals surface area contributed by atoms with Crippen LogP contribution in [0.3, 0.4) is 0 Å². The number of hydrogen-bond donors (Lipinski definition) is 2. The highest BCUT2D eigenvalue weighted by atomic mass is 16.2. The molecular weight excluding hydrogens is 340 g/mol. The summed E-state index contributed by atoms with van der Waals surface area (Å²) in [6.45, 7) is 1.43. The van der Waals surface area contributed by atoms with E-state index in [-0.39, 0.29) is 30.4 Å². The highest BCUT2D eigenvalue weighted by Crippen LogP contribution is 2.23. The third kappa shape index (κ3) is 5.26. The Bertz CT molecular complexity index is 874. The Hall–Kier alpha value is -2.95. The van der Waals surface area contributed by atoms with E-state index in [0.29, 0.717) is 16.9 Å². The second kappa shape index (κ2) is 8.62. The van der Waals surface area contributed by atoms with E-state index in [1.54, 1.807) is 24.3 Å². The van der Waals surface area contributed by atoms with Gasteiger partial charge in [-0.2, -0.15) is 0 Å². The van der Waals surface area contributed by atoms with Gasteiger partial charge in [-0.25, -0.2) is 0 Å². The van der Waals surface area contributed by atoms with Crippen molar-refractivity contribution in [3.05, 3.63) is 59.2 Å². The molecule has 0 saturated carbocycles. The summed E-state index contributed by atoms with van der Waals surface area (Å²) < 4.78 is 0. The molecule has 0 radical (unpaired) electrons. The van der Waals surface area contributed by atoms with Gasteiger partial charge in [0.25, 0.3) is 0 Å². The number of benzene rings is 2. The summed E-state index contributed by atoms with van der Waals surface area (Å²) in [6.07, 6.45) is 4.80. The lowest BCUT2D eigenvalue weighted by Gasteiger charge is -2.16. The number of nitrogens with one attached hydrogen (secondary N) is 2. The standard InChI is InChI=1S/C22H24N2O3/c1-15(25)23-19-7-4-8-20(14-19)24-22(27)12-11-21(26)18-10-9-16-5-2-3-6-17(16)13-18/h4,7-10,13-14H,2-3,5-6,11-12H2,1H3,(H,23,25)(H,24,27). The third-order valence-corrected chi connectivity index (χ3v) is 4.72. The van der Waals surface area contributed by atoms with E-state index in [1.807, 2.05) is 12.1 Å². The lowest BCUT2D eigenvalue weighted by atomic mass is 9.89. The molecule has 0 aliphatic heterocycles. The molecule has 2 aromatic rings. The quantitative estimate of drug-likeness (QED) is 0.757. The zero-order valence-corrected chi connectivity index (χ0v) is 15.5. The van der Waals surface area contributed by atoms with Crippen LogP contribution in [0.2, 0.25) is 0 Å². The Morgan fingerprint density at radius 2 is 1.56 bits per heavy atom. The van der Waals surface area contributed by atoms with Gasteiger partial charge in [-0.15, -0.1) is 0 Å². The van der Waals surface area contributed by atoms with E-state index in [2.05, 4.69) is 16.7 Å². The van der Waals surface area contributed by atoms with Crippen molar-refractivity contribution >= 4 is 29.0 Å². The highest BCUT2D eigenvalue weighted by Gasteiger charge is 2.14. The molecular formula is C22H24N2O3. The second-order valence-corrected chi connectivity index (χ2v) is 6.92. The number of carbonyl (C=O) groups is 3. The SMILES string of the molecule is CC(=O)Nc1cccc(NC(=O)CCC(=O)c2ccc3c(c2)CCCC3)c1. The normalized spacial score (nSPS) is 12.8. The van der Waals surface area contributed by atoms with Crippen molar-refractivity contribution in [2.45, 2.75) is 45.4 Å². The molecule has 0 heterocycles. The summed E-state index contributed by atoms with van der Waals surface area (Å²) in [5, 5.41) is 5.44. The van der Waals surface area contributed by atoms with Crippen molar-refractivity contribution in [1.82, 2.24) is 0 Å². The maximum absolute atomic E-state index is 12.4. The molecule has 2 N–H and O–H groups in total. The minimum absolute atomic E-state index is 0.00878. The van der Waals surface area contributed by atoms with Gasteiger partial charge in [0.15, 0.2) is 5.78 Å². The maximum Gasteiger partial charge on any atom is 0.224 e.